The van der Waals surface area contributed by atoms with Gasteiger partial charge in [0.2, 0.25) is 0 Å². The van der Waals surface area contributed by atoms with Crippen molar-refractivity contribution in [1.29, 1.82) is 0 Å². The third-order valence-corrected chi connectivity index (χ3v) is 7.97. The Morgan fingerprint density at radius 1 is 0.833 bits per heavy atom. The van der Waals surface area contributed by atoms with Gasteiger partial charge in [0.1, 0.15) is 11.8 Å². The Kier molecular flexibility index (Phi) is 10.9. The van der Waals surface area contributed by atoms with E-state index in [9.17, 15) is 19.5 Å². The SMILES string of the molecule is CCCCCCCOc1ccc(-c2cnc(-c3ccc(C[C@H](NC(=O)c4ccc(C(C)=O)s4)C(=O)O)cc3)nc2)cc1. The number of nitrogens with zero attached hydrogens (tertiary/aromatic N) is 2. The van der Waals surface area contributed by atoms with E-state index < -0.39 is 17.9 Å². The summed E-state index contributed by atoms with van der Waals surface area (Å²) in [5.74, 6) is -0.405. The lowest BCUT2D eigenvalue weighted by Gasteiger charge is -2.14. The van der Waals surface area contributed by atoms with Crippen molar-refractivity contribution in [2.75, 3.05) is 6.61 Å². The molecule has 2 aromatic carbocycles. The number of nitrogens with one attached hydrogen (secondary N) is 1. The van der Waals surface area contributed by atoms with Crippen LogP contribution in [0, 0.1) is 0 Å². The van der Waals surface area contributed by atoms with Gasteiger partial charge in [-0.1, -0.05) is 69.0 Å². The van der Waals surface area contributed by atoms with Gasteiger partial charge >= 0.3 is 5.97 Å². The van der Waals surface area contributed by atoms with Gasteiger partial charge in [0.05, 0.1) is 16.4 Å². The van der Waals surface area contributed by atoms with E-state index in [1.807, 2.05) is 36.4 Å². The van der Waals surface area contributed by atoms with Gasteiger partial charge in [0, 0.05) is 29.9 Å². The van der Waals surface area contributed by atoms with Crippen molar-refractivity contribution in [3.63, 3.8) is 0 Å². The van der Waals surface area contributed by atoms with Gasteiger partial charge in [0.25, 0.3) is 5.91 Å². The lowest BCUT2D eigenvalue weighted by atomic mass is 10.0. The molecule has 0 aliphatic heterocycles. The van der Waals surface area contributed by atoms with Gasteiger partial charge in [-0.3, -0.25) is 9.59 Å². The first-order valence-corrected chi connectivity index (χ1v) is 14.9. The topological polar surface area (TPSA) is 118 Å². The molecule has 2 heterocycles. The molecule has 0 saturated heterocycles. The molecule has 0 unspecified atom stereocenters. The summed E-state index contributed by atoms with van der Waals surface area (Å²) in [6.07, 6.45) is 9.68. The minimum absolute atomic E-state index is 0.102. The summed E-state index contributed by atoms with van der Waals surface area (Å²) in [5.41, 5.74) is 3.41. The maximum Gasteiger partial charge on any atom is 0.326 e. The molecular formula is C33H35N3O5S. The number of Topliss-reactive ketones (excluding diaryl/α,β-unsaturated/α-hetero) is 1. The van der Waals surface area contributed by atoms with E-state index in [0.29, 0.717) is 15.6 Å². The molecule has 8 nitrogen and oxygen atoms in total. The van der Waals surface area contributed by atoms with Crippen LogP contribution in [0.3, 0.4) is 0 Å². The standard InChI is InChI=1S/C33H35N3O5S/c1-3-4-5-6-7-18-41-27-14-12-24(13-15-27)26-20-34-31(35-21-26)25-10-8-23(9-11-25)19-28(33(39)40)36-32(38)30-17-16-29(42-30)22(2)37/h8-17,20-21,28H,3-7,18-19H2,1-2H3,(H,36,38)(H,39,40)/t28-/m0/s1. The van der Waals surface area contributed by atoms with Crippen LogP contribution in [0.5, 0.6) is 5.75 Å². The molecule has 0 radical (unpaired) electrons. The average molecular weight is 586 g/mol. The van der Waals surface area contributed by atoms with Crippen LogP contribution in [0.15, 0.2) is 73.1 Å². The highest BCUT2D eigenvalue weighted by atomic mass is 32.1. The number of unbranched alkanes of at least 4 members (excludes halogenated alkanes) is 4. The van der Waals surface area contributed by atoms with Crippen LogP contribution in [0.1, 0.15) is 70.9 Å². The number of hydrogen-bond acceptors (Lipinski definition) is 7. The Bertz CT molecular complexity index is 1480. The number of hydrogen-bond donors (Lipinski definition) is 2. The molecule has 0 fully saturated rings. The van der Waals surface area contributed by atoms with E-state index in [-0.39, 0.29) is 12.2 Å². The molecule has 0 saturated carbocycles. The summed E-state index contributed by atoms with van der Waals surface area (Å²) in [5, 5.41) is 12.2. The molecule has 0 aliphatic rings. The van der Waals surface area contributed by atoms with Crippen LogP contribution in [0.25, 0.3) is 22.5 Å². The van der Waals surface area contributed by atoms with Crippen LogP contribution in [0.4, 0.5) is 0 Å². The molecule has 1 amide bonds. The number of aromatic nitrogens is 2. The number of carbonyl (C=O) groups is 3. The van der Waals surface area contributed by atoms with Crippen molar-refractivity contribution < 1.29 is 24.2 Å². The fraction of sp³-hybridized carbons (Fsp3) is 0.303. The molecule has 4 rings (SSSR count). The summed E-state index contributed by atoms with van der Waals surface area (Å²) >= 11 is 1.04. The number of rotatable bonds is 15. The second kappa shape index (κ2) is 15.0. The summed E-state index contributed by atoms with van der Waals surface area (Å²) in [6.45, 7) is 4.35. The Morgan fingerprint density at radius 2 is 1.48 bits per heavy atom. The van der Waals surface area contributed by atoms with Crippen molar-refractivity contribution in [3.8, 4) is 28.3 Å². The Morgan fingerprint density at radius 3 is 2.10 bits per heavy atom. The van der Waals surface area contributed by atoms with Gasteiger partial charge in [-0.25, -0.2) is 14.8 Å². The van der Waals surface area contributed by atoms with Crippen LogP contribution < -0.4 is 10.1 Å². The molecule has 42 heavy (non-hydrogen) atoms. The summed E-state index contributed by atoms with van der Waals surface area (Å²) in [6, 6.07) is 17.2. The highest BCUT2D eigenvalue weighted by molar-refractivity contribution is 7.16. The minimum Gasteiger partial charge on any atom is -0.494 e. The Hall–Kier alpha value is -4.37. The normalized spacial score (nSPS) is 11.6. The Balaban J connectivity index is 1.32. The zero-order valence-corrected chi connectivity index (χ0v) is 24.7. The van der Waals surface area contributed by atoms with Crippen LogP contribution >= 0.6 is 11.3 Å². The van der Waals surface area contributed by atoms with Gasteiger partial charge in [-0.15, -0.1) is 11.3 Å². The van der Waals surface area contributed by atoms with E-state index in [1.165, 1.54) is 38.7 Å². The van der Waals surface area contributed by atoms with E-state index in [2.05, 4.69) is 22.2 Å². The predicted molar refractivity (Wildman–Crippen MR) is 164 cm³/mol. The molecule has 4 aromatic rings. The third-order valence-electron chi connectivity index (χ3n) is 6.79. The zero-order chi connectivity index (χ0) is 29.9. The fourth-order valence-corrected chi connectivity index (χ4v) is 5.17. The number of amides is 1. The first-order valence-electron chi connectivity index (χ1n) is 14.1. The number of carboxylic acid groups (broad SMARTS) is 1. The molecule has 0 spiro atoms. The molecule has 0 aliphatic carbocycles. The largest absolute Gasteiger partial charge is 0.494 e. The van der Waals surface area contributed by atoms with E-state index in [1.54, 1.807) is 30.6 Å². The summed E-state index contributed by atoms with van der Waals surface area (Å²) in [4.78, 5) is 45.7. The first kappa shape index (κ1) is 30.6. The predicted octanol–water partition coefficient (Wildman–Crippen LogP) is 6.85. The number of ketones is 1. The lowest BCUT2D eigenvalue weighted by molar-refractivity contribution is -0.139. The van der Waals surface area contributed by atoms with Gasteiger partial charge in [0.15, 0.2) is 11.6 Å². The maximum atomic E-state index is 12.6. The number of thiophene rings is 1. The van der Waals surface area contributed by atoms with E-state index >= 15 is 0 Å². The first-order chi connectivity index (χ1) is 20.3. The second-order valence-corrected chi connectivity index (χ2v) is 11.2. The monoisotopic (exact) mass is 585 g/mol. The molecule has 2 aromatic heterocycles. The number of carboxylic acids is 1. The molecule has 9 heteroatoms. The van der Waals surface area contributed by atoms with Crippen LogP contribution in [-0.2, 0) is 11.2 Å². The van der Waals surface area contributed by atoms with Gasteiger partial charge in [-0.2, -0.15) is 0 Å². The Labute approximate surface area is 249 Å². The minimum atomic E-state index is -1.14. The number of carbonyl (C=O) groups excluding carboxylic acids is 2. The second-order valence-electron chi connectivity index (χ2n) is 10.1. The quantitative estimate of drug-likeness (QED) is 0.116. The van der Waals surface area contributed by atoms with Crippen molar-refractivity contribution >= 4 is 29.0 Å². The van der Waals surface area contributed by atoms with Gasteiger partial charge in [-0.05, 0) is 48.7 Å². The van der Waals surface area contributed by atoms with Crippen molar-refractivity contribution in [2.45, 2.75) is 58.4 Å². The fourth-order valence-electron chi connectivity index (χ4n) is 4.37. The van der Waals surface area contributed by atoms with Crippen LogP contribution in [-0.4, -0.2) is 45.4 Å². The smallest absolute Gasteiger partial charge is 0.326 e. The van der Waals surface area contributed by atoms with E-state index in [4.69, 9.17) is 4.74 Å². The van der Waals surface area contributed by atoms with E-state index in [0.717, 1.165) is 52.4 Å². The van der Waals surface area contributed by atoms with Crippen molar-refractivity contribution in [1.82, 2.24) is 15.3 Å². The summed E-state index contributed by atoms with van der Waals surface area (Å²) < 4.78 is 5.85. The number of ether oxygens (including phenoxy) is 1. The number of benzene rings is 2. The van der Waals surface area contributed by atoms with Crippen LogP contribution in [0.2, 0.25) is 0 Å². The van der Waals surface area contributed by atoms with Crippen molar-refractivity contribution in [2.24, 2.45) is 0 Å². The van der Waals surface area contributed by atoms with Crippen molar-refractivity contribution in [3.05, 3.63) is 88.4 Å². The highest BCUT2D eigenvalue weighted by Crippen LogP contribution is 2.24. The lowest BCUT2D eigenvalue weighted by Crippen LogP contribution is -2.42. The zero-order valence-electron chi connectivity index (χ0n) is 23.8. The van der Waals surface area contributed by atoms with Gasteiger partial charge < -0.3 is 15.2 Å². The highest BCUT2D eigenvalue weighted by Gasteiger charge is 2.22. The molecule has 1 atom stereocenters. The molecular weight excluding hydrogens is 550 g/mol. The summed E-state index contributed by atoms with van der Waals surface area (Å²) in [7, 11) is 0. The number of aliphatic carboxylic acids is 1. The molecule has 0 bridgehead atoms. The molecule has 2 N–H and O–H groups in total. The average Bonchev–Trinajstić information content (AvgIpc) is 3.51. The molecule has 218 valence electrons. The maximum absolute atomic E-state index is 12.6. The third kappa shape index (κ3) is 8.57.